The van der Waals surface area contributed by atoms with Gasteiger partial charge in [0.25, 0.3) is 0 Å². The number of ether oxygens (including phenoxy) is 2. The molecule has 0 bridgehead atoms. The van der Waals surface area contributed by atoms with Crippen LogP contribution in [-0.2, 0) is 9.47 Å². The van der Waals surface area contributed by atoms with Crippen molar-refractivity contribution in [3.05, 3.63) is 0 Å². The van der Waals surface area contributed by atoms with Gasteiger partial charge in [-0.2, -0.15) is 0 Å². The highest BCUT2D eigenvalue weighted by Crippen LogP contribution is 2.28. The van der Waals surface area contributed by atoms with Crippen LogP contribution in [0, 0.1) is 17.8 Å². The molecule has 1 aliphatic rings. The molecule has 0 radical (unpaired) electrons. The van der Waals surface area contributed by atoms with E-state index in [2.05, 4.69) is 27.7 Å². The summed E-state index contributed by atoms with van der Waals surface area (Å²) in [5.41, 5.74) is 0. The fraction of sp³-hybridized carbons (Fsp3) is 1.00. The Morgan fingerprint density at radius 1 is 1.29 bits per heavy atom. The molecule has 1 aliphatic heterocycles. The van der Waals surface area contributed by atoms with Gasteiger partial charge in [0.1, 0.15) is 0 Å². The van der Waals surface area contributed by atoms with Gasteiger partial charge in [0, 0.05) is 13.2 Å². The molecular formula is C12H24O2. The van der Waals surface area contributed by atoms with Crippen molar-refractivity contribution in [1.82, 2.24) is 0 Å². The monoisotopic (exact) mass is 200 g/mol. The molecule has 2 nitrogen and oxygen atoms in total. The smallest absolute Gasteiger partial charge is 0.0519 e. The quantitative estimate of drug-likeness (QED) is 0.679. The van der Waals surface area contributed by atoms with E-state index in [0.29, 0.717) is 23.9 Å². The molecule has 0 aromatic heterocycles. The largest absolute Gasteiger partial charge is 0.381 e. The Labute approximate surface area is 88.0 Å². The topological polar surface area (TPSA) is 18.5 Å². The van der Waals surface area contributed by atoms with E-state index < -0.39 is 0 Å². The first kappa shape index (κ1) is 12.0. The van der Waals surface area contributed by atoms with E-state index in [9.17, 15) is 0 Å². The zero-order valence-electron chi connectivity index (χ0n) is 9.95. The van der Waals surface area contributed by atoms with Gasteiger partial charge in [-0.15, -0.1) is 0 Å². The molecule has 14 heavy (non-hydrogen) atoms. The first-order valence-electron chi connectivity index (χ1n) is 5.80. The Balaban J connectivity index is 2.37. The molecule has 1 heterocycles. The lowest BCUT2D eigenvalue weighted by atomic mass is 9.83. The molecule has 0 amide bonds. The van der Waals surface area contributed by atoms with Gasteiger partial charge in [-0.05, 0) is 38.0 Å². The van der Waals surface area contributed by atoms with E-state index in [1.807, 2.05) is 0 Å². The molecule has 84 valence electrons. The van der Waals surface area contributed by atoms with Crippen LogP contribution < -0.4 is 0 Å². The van der Waals surface area contributed by atoms with Gasteiger partial charge in [0.05, 0.1) is 12.7 Å². The van der Waals surface area contributed by atoms with Gasteiger partial charge in [-0.1, -0.05) is 13.8 Å². The Morgan fingerprint density at radius 3 is 2.43 bits per heavy atom. The molecule has 0 aromatic carbocycles. The second-order valence-corrected chi connectivity index (χ2v) is 4.91. The number of hydrogen-bond donors (Lipinski definition) is 0. The highest BCUT2D eigenvalue weighted by molar-refractivity contribution is 4.76. The standard InChI is InChI=1S/C12H24O2/c1-9(2)12(8-14-10(3)4)11-5-6-13-7-11/h9-12H,5-8H2,1-4H3. The molecule has 1 fully saturated rings. The third kappa shape index (κ3) is 3.58. The summed E-state index contributed by atoms with van der Waals surface area (Å²) < 4.78 is 11.2. The van der Waals surface area contributed by atoms with Crippen molar-refractivity contribution in [1.29, 1.82) is 0 Å². The minimum Gasteiger partial charge on any atom is -0.381 e. The summed E-state index contributed by atoms with van der Waals surface area (Å²) in [5, 5.41) is 0. The minimum atomic E-state index is 0.346. The second kappa shape index (κ2) is 5.72. The first-order chi connectivity index (χ1) is 6.61. The summed E-state index contributed by atoms with van der Waals surface area (Å²) in [6, 6.07) is 0. The lowest BCUT2D eigenvalue weighted by Crippen LogP contribution is -2.26. The van der Waals surface area contributed by atoms with Gasteiger partial charge in [-0.3, -0.25) is 0 Å². The normalized spacial score (nSPS) is 24.9. The van der Waals surface area contributed by atoms with Crippen molar-refractivity contribution in [2.45, 2.75) is 40.2 Å². The van der Waals surface area contributed by atoms with Crippen LogP contribution in [0.5, 0.6) is 0 Å². The van der Waals surface area contributed by atoms with Crippen LogP contribution >= 0.6 is 0 Å². The van der Waals surface area contributed by atoms with E-state index in [1.54, 1.807) is 0 Å². The van der Waals surface area contributed by atoms with Gasteiger partial charge in [-0.25, -0.2) is 0 Å². The third-order valence-electron chi connectivity index (χ3n) is 3.05. The molecule has 2 unspecified atom stereocenters. The summed E-state index contributed by atoms with van der Waals surface area (Å²) in [6.07, 6.45) is 1.56. The minimum absolute atomic E-state index is 0.346. The van der Waals surface area contributed by atoms with Crippen molar-refractivity contribution in [3.8, 4) is 0 Å². The fourth-order valence-electron chi connectivity index (χ4n) is 2.07. The molecular weight excluding hydrogens is 176 g/mol. The van der Waals surface area contributed by atoms with Crippen LogP contribution in [0.15, 0.2) is 0 Å². The van der Waals surface area contributed by atoms with Crippen molar-refractivity contribution in [2.24, 2.45) is 17.8 Å². The molecule has 0 N–H and O–H groups in total. The van der Waals surface area contributed by atoms with E-state index in [1.165, 1.54) is 6.42 Å². The van der Waals surface area contributed by atoms with Crippen LogP contribution in [0.4, 0.5) is 0 Å². The molecule has 1 rings (SSSR count). The number of rotatable bonds is 5. The molecule has 2 atom stereocenters. The van der Waals surface area contributed by atoms with Crippen molar-refractivity contribution in [2.75, 3.05) is 19.8 Å². The maximum atomic E-state index is 5.72. The van der Waals surface area contributed by atoms with Gasteiger partial charge in [0.15, 0.2) is 0 Å². The molecule has 2 heteroatoms. The SMILES string of the molecule is CC(C)OCC(C(C)C)C1CCOC1. The third-order valence-corrected chi connectivity index (χ3v) is 3.05. The molecule has 0 aromatic rings. The first-order valence-corrected chi connectivity index (χ1v) is 5.80. The van der Waals surface area contributed by atoms with Gasteiger partial charge in [0.2, 0.25) is 0 Å². The highest BCUT2D eigenvalue weighted by atomic mass is 16.5. The lowest BCUT2D eigenvalue weighted by Gasteiger charge is -2.26. The Morgan fingerprint density at radius 2 is 2.00 bits per heavy atom. The summed E-state index contributed by atoms with van der Waals surface area (Å²) in [5.74, 6) is 2.08. The van der Waals surface area contributed by atoms with Crippen molar-refractivity contribution in [3.63, 3.8) is 0 Å². The van der Waals surface area contributed by atoms with E-state index in [-0.39, 0.29) is 0 Å². The molecule has 0 saturated carbocycles. The van der Waals surface area contributed by atoms with Gasteiger partial charge < -0.3 is 9.47 Å². The zero-order chi connectivity index (χ0) is 10.6. The molecule has 1 saturated heterocycles. The zero-order valence-corrected chi connectivity index (χ0v) is 9.95. The van der Waals surface area contributed by atoms with Crippen LogP contribution in [0.3, 0.4) is 0 Å². The van der Waals surface area contributed by atoms with Gasteiger partial charge >= 0.3 is 0 Å². The predicted octanol–water partition coefficient (Wildman–Crippen LogP) is 2.72. The summed E-state index contributed by atoms with van der Waals surface area (Å²) in [7, 11) is 0. The van der Waals surface area contributed by atoms with E-state index in [4.69, 9.17) is 9.47 Å². The Bertz CT molecular complexity index is 148. The molecule has 0 spiro atoms. The Hall–Kier alpha value is -0.0800. The second-order valence-electron chi connectivity index (χ2n) is 4.91. The summed E-state index contributed by atoms with van der Waals surface area (Å²) >= 11 is 0. The van der Waals surface area contributed by atoms with Crippen LogP contribution in [0.1, 0.15) is 34.1 Å². The maximum absolute atomic E-state index is 5.72. The van der Waals surface area contributed by atoms with E-state index in [0.717, 1.165) is 19.8 Å². The van der Waals surface area contributed by atoms with Crippen LogP contribution in [-0.4, -0.2) is 25.9 Å². The number of hydrogen-bond acceptors (Lipinski definition) is 2. The van der Waals surface area contributed by atoms with Crippen LogP contribution in [0.25, 0.3) is 0 Å². The predicted molar refractivity (Wildman–Crippen MR) is 58.3 cm³/mol. The Kier molecular flexibility index (Phi) is 4.90. The van der Waals surface area contributed by atoms with Crippen molar-refractivity contribution >= 4 is 0 Å². The van der Waals surface area contributed by atoms with Crippen molar-refractivity contribution < 1.29 is 9.47 Å². The molecule has 0 aliphatic carbocycles. The average molecular weight is 200 g/mol. The maximum Gasteiger partial charge on any atom is 0.0519 e. The lowest BCUT2D eigenvalue weighted by molar-refractivity contribution is 0.0169. The van der Waals surface area contributed by atoms with Crippen LogP contribution in [0.2, 0.25) is 0 Å². The van der Waals surface area contributed by atoms with E-state index >= 15 is 0 Å². The summed E-state index contributed by atoms with van der Waals surface area (Å²) in [4.78, 5) is 0. The highest BCUT2D eigenvalue weighted by Gasteiger charge is 2.28. The summed E-state index contributed by atoms with van der Waals surface area (Å²) in [6.45, 7) is 11.5. The average Bonchev–Trinajstić information content (AvgIpc) is 2.56. The fourth-order valence-corrected chi connectivity index (χ4v) is 2.07.